The highest BCUT2D eigenvalue weighted by Crippen LogP contribution is 2.15. The molecule has 0 aliphatic rings. The average molecular weight is 210 g/mol. The fraction of sp³-hybridized carbons (Fsp3) is 0.455. The van der Waals surface area contributed by atoms with E-state index in [4.69, 9.17) is 20.9 Å². The van der Waals surface area contributed by atoms with Gasteiger partial charge in [0.2, 0.25) is 0 Å². The van der Waals surface area contributed by atoms with Crippen molar-refractivity contribution in [2.24, 2.45) is 11.5 Å². The summed E-state index contributed by atoms with van der Waals surface area (Å²) in [5.74, 6) is 0.819. The first kappa shape index (κ1) is 12.0. The van der Waals surface area contributed by atoms with Crippen molar-refractivity contribution in [2.75, 3.05) is 26.9 Å². The van der Waals surface area contributed by atoms with Gasteiger partial charge in [-0.15, -0.1) is 0 Å². The third-order valence-corrected chi connectivity index (χ3v) is 2.12. The molecular formula is C11H18N2O2. The second-order valence-electron chi connectivity index (χ2n) is 3.25. The van der Waals surface area contributed by atoms with Crippen molar-refractivity contribution in [2.45, 2.75) is 6.04 Å². The molecule has 0 spiro atoms. The van der Waals surface area contributed by atoms with Crippen molar-refractivity contribution in [1.82, 2.24) is 0 Å². The summed E-state index contributed by atoms with van der Waals surface area (Å²) in [5, 5.41) is 0. The number of nitrogens with two attached hydrogens (primary N) is 2. The fourth-order valence-corrected chi connectivity index (χ4v) is 1.19. The smallest absolute Gasteiger partial charge is 0.119 e. The molecular weight excluding hydrogens is 192 g/mol. The van der Waals surface area contributed by atoms with Crippen molar-refractivity contribution in [1.29, 1.82) is 0 Å². The molecule has 4 nitrogen and oxygen atoms in total. The second kappa shape index (κ2) is 6.40. The Morgan fingerprint density at radius 1 is 1.20 bits per heavy atom. The van der Waals surface area contributed by atoms with E-state index in [9.17, 15) is 0 Å². The molecule has 0 saturated heterocycles. The zero-order valence-electron chi connectivity index (χ0n) is 8.98. The molecule has 0 aliphatic heterocycles. The highest BCUT2D eigenvalue weighted by molar-refractivity contribution is 5.29. The van der Waals surface area contributed by atoms with Crippen LogP contribution in [0.1, 0.15) is 11.6 Å². The molecule has 0 radical (unpaired) electrons. The quantitative estimate of drug-likeness (QED) is 0.677. The predicted octanol–water partition coefficient (Wildman–Crippen LogP) is 0.670. The van der Waals surface area contributed by atoms with Crippen LogP contribution in [0.2, 0.25) is 0 Å². The van der Waals surface area contributed by atoms with Crippen molar-refractivity contribution in [3.63, 3.8) is 0 Å². The molecule has 0 aromatic heterocycles. The molecule has 0 fully saturated rings. The van der Waals surface area contributed by atoms with Gasteiger partial charge >= 0.3 is 0 Å². The molecule has 1 rings (SSSR count). The number of rotatable bonds is 6. The maximum Gasteiger partial charge on any atom is 0.119 e. The minimum atomic E-state index is -0.0991. The van der Waals surface area contributed by atoms with Crippen LogP contribution in [0.5, 0.6) is 5.75 Å². The van der Waals surface area contributed by atoms with E-state index < -0.39 is 0 Å². The molecule has 84 valence electrons. The summed E-state index contributed by atoms with van der Waals surface area (Å²) in [6.45, 7) is 1.59. The third-order valence-electron chi connectivity index (χ3n) is 2.12. The van der Waals surface area contributed by atoms with Gasteiger partial charge in [-0.25, -0.2) is 0 Å². The van der Waals surface area contributed by atoms with E-state index in [1.807, 2.05) is 24.3 Å². The van der Waals surface area contributed by atoms with Gasteiger partial charge in [0.15, 0.2) is 0 Å². The van der Waals surface area contributed by atoms with Gasteiger partial charge in [-0.3, -0.25) is 0 Å². The van der Waals surface area contributed by atoms with Crippen LogP contribution in [0.4, 0.5) is 0 Å². The van der Waals surface area contributed by atoms with Gasteiger partial charge in [0, 0.05) is 19.7 Å². The van der Waals surface area contributed by atoms with Gasteiger partial charge in [-0.1, -0.05) is 12.1 Å². The van der Waals surface area contributed by atoms with E-state index in [0.717, 1.165) is 11.3 Å². The molecule has 1 atom stereocenters. The van der Waals surface area contributed by atoms with E-state index in [0.29, 0.717) is 19.8 Å². The lowest BCUT2D eigenvalue weighted by Gasteiger charge is -2.10. The maximum atomic E-state index is 5.78. The molecule has 0 bridgehead atoms. The molecule has 1 aromatic rings. The number of benzene rings is 1. The van der Waals surface area contributed by atoms with Crippen LogP contribution in [0, 0.1) is 0 Å². The standard InChI is InChI=1S/C11H18N2O2/c1-14-6-7-15-10-4-2-9(3-5-10)11(13)8-12/h2-5,11H,6-8,12-13H2,1H3/t11-/m1/s1. The number of hydrogen-bond acceptors (Lipinski definition) is 4. The predicted molar refractivity (Wildman–Crippen MR) is 59.8 cm³/mol. The average Bonchev–Trinajstić information content (AvgIpc) is 2.29. The Hall–Kier alpha value is -1.10. The van der Waals surface area contributed by atoms with Gasteiger partial charge in [0.25, 0.3) is 0 Å². The van der Waals surface area contributed by atoms with Crippen molar-refractivity contribution in [3.05, 3.63) is 29.8 Å². The Morgan fingerprint density at radius 2 is 1.87 bits per heavy atom. The van der Waals surface area contributed by atoms with Crippen LogP contribution >= 0.6 is 0 Å². The van der Waals surface area contributed by atoms with Crippen LogP contribution < -0.4 is 16.2 Å². The third kappa shape index (κ3) is 3.87. The molecule has 0 amide bonds. The first-order valence-corrected chi connectivity index (χ1v) is 4.95. The largest absolute Gasteiger partial charge is 0.491 e. The zero-order valence-corrected chi connectivity index (χ0v) is 8.98. The van der Waals surface area contributed by atoms with Gasteiger partial charge in [0.1, 0.15) is 12.4 Å². The lowest BCUT2D eigenvalue weighted by molar-refractivity contribution is 0.146. The minimum Gasteiger partial charge on any atom is -0.491 e. The summed E-state index contributed by atoms with van der Waals surface area (Å²) in [6.07, 6.45) is 0. The fourth-order valence-electron chi connectivity index (χ4n) is 1.19. The summed E-state index contributed by atoms with van der Waals surface area (Å²) < 4.78 is 10.3. The lowest BCUT2D eigenvalue weighted by Crippen LogP contribution is -2.20. The second-order valence-corrected chi connectivity index (χ2v) is 3.25. The van der Waals surface area contributed by atoms with E-state index >= 15 is 0 Å². The molecule has 4 N–H and O–H groups in total. The van der Waals surface area contributed by atoms with Gasteiger partial charge in [-0.2, -0.15) is 0 Å². The van der Waals surface area contributed by atoms with E-state index in [-0.39, 0.29) is 6.04 Å². The highest BCUT2D eigenvalue weighted by Gasteiger charge is 2.02. The molecule has 4 heteroatoms. The summed E-state index contributed by atoms with van der Waals surface area (Å²) in [4.78, 5) is 0. The first-order valence-electron chi connectivity index (χ1n) is 4.95. The van der Waals surface area contributed by atoms with Crippen molar-refractivity contribution < 1.29 is 9.47 Å². The summed E-state index contributed by atoms with van der Waals surface area (Å²) in [6, 6.07) is 7.54. The van der Waals surface area contributed by atoms with Crippen molar-refractivity contribution >= 4 is 0 Å². The zero-order chi connectivity index (χ0) is 11.1. The van der Waals surface area contributed by atoms with Crippen LogP contribution in [0.15, 0.2) is 24.3 Å². The molecule has 0 aliphatic carbocycles. The number of hydrogen-bond donors (Lipinski definition) is 2. The number of methoxy groups -OCH3 is 1. The van der Waals surface area contributed by atoms with Crippen LogP contribution in [0.25, 0.3) is 0 Å². The lowest BCUT2D eigenvalue weighted by atomic mass is 10.1. The molecule has 1 aromatic carbocycles. The maximum absolute atomic E-state index is 5.78. The van der Waals surface area contributed by atoms with Gasteiger partial charge < -0.3 is 20.9 Å². The number of ether oxygens (including phenoxy) is 2. The Morgan fingerprint density at radius 3 is 2.40 bits per heavy atom. The van der Waals surface area contributed by atoms with Crippen molar-refractivity contribution in [3.8, 4) is 5.75 Å². The van der Waals surface area contributed by atoms with Gasteiger partial charge in [-0.05, 0) is 17.7 Å². The molecule has 0 heterocycles. The Balaban J connectivity index is 2.49. The highest BCUT2D eigenvalue weighted by atomic mass is 16.5. The van der Waals surface area contributed by atoms with Crippen LogP contribution in [-0.4, -0.2) is 26.9 Å². The Labute approximate surface area is 90.2 Å². The molecule has 0 unspecified atom stereocenters. The van der Waals surface area contributed by atoms with Crippen LogP contribution in [-0.2, 0) is 4.74 Å². The summed E-state index contributed by atoms with van der Waals surface area (Å²) >= 11 is 0. The normalized spacial score (nSPS) is 12.5. The first-order chi connectivity index (χ1) is 7.27. The topological polar surface area (TPSA) is 70.5 Å². The SMILES string of the molecule is COCCOc1ccc([C@H](N)CN)cc1. The van der Waals surface area contributed by atoms with Gasteiger partial charge in [0.05, 0.1) is 6.61 Å². The Bertz CT molecular complexity index is 274. The van der Waals surface area contributed by atoms with Crippen LogP contribution in [0.3, 0.4) is 0 Å². The molecule has 15 heavy (non-hydrogen) atoms. The van der Waals surface area contributed by atoms with E-state index in [2.05, 4.69) is 0 Å². The Kier molecular flexibility index (Phi) is 5.10. The molecule has 0 saturated carbocycles. The summed E-state index contributed by atoms with van der Waals surface area (Å²) in [7, 11) is 1.65. The minimum absolute atomic E-state index is 0.0991. The monoisotopic (exact) mass is 210 g/mol. The summed E-state index contributed by atoms with van der Waals surface area (Å²) in [5.41, 5.74) is 12.3. The van der Waals surface area contributed by atoms with E-state index in [1.165, 1.54) is 0 Å². The van der Waals surface area contributed by atoms with E-state index in [1.54, 1.807) is 7.11 Å².